The molecule has 0 bridgehead atoms. The number of rotatable bonds is 6. The molecular formula is C17H19NO3. The highest BCUT2D eigenvalue weighted by atomic mass is 16.5. The van der Waals surface area contributed by atoms with Crippen LogP contribution in [0.25, 0.3) is 0 Å². The molecule has 4 heteroatoms. The molecule has 1 amide bonds. The maximum absolute atomic E-state index is 12.1. The summed E-state index contributed by atoms with van der Waals surface area (Å²) in [4.78, 5) is 12.1. The number of anilines is 1. The number of benzene rings is 2. The summed E-state index contributed by atoms with van der Waals surface area (Å²) in [6.45, 7) is 1.83. The minimum Gasteiger partial charge on any atom is -0.481 e. The molecule has 1 unspecified atom stereocenters. The van der Waals surface area contributed by atoms with Crippen molar-refractivity contribution < 1.29 is 14.6 Å². The van der Waals surface area contributed by atoms with Crippen LogP contribution in [0.15, 0.2) is 54.6 Å². The van der Waals surface area contributed by atoms with E-state index in [-0.39, 0.29) is 12.5 Å². The molecule has 2 aromatic rings. The molecule has 0 saturated heterocycles. The summed E-state index contributed by atoms with van der Waals surface area (Å²) in [5.74, 6) is 0.465. The third-order valence-corrected chi connectivity index (χ3v) is 3.05. The first-order valence-electron chi connectivity index (χ1n) is 6.91. The first kappa shape index (κ1) is 15.1. The summed E-state index contributed by atoms with van der Waals surface area (Å²) in [5.41, 5.74) is 1.74. The van der Waals surface area contributed by atoms with E-state index in [1.807, 2.05) is 54.6 Å². The van der Waals surface area contributed by atoms with Crippen molar-refractivity contribution in [3.8, 4) is 5.75 Å². The van der Waals surface area contributed by atoms with Crippen LogP contribution in [0.1, 0.15) is 12.5 Å². The van der Waals surface area contributed by atoms with Gasteiger partial charge in [-0.1, -0.05) is 30.3 Å². The van der Waals surface area contributed by atoms with Crippen LogP contribution in [0.5, 0.6) is 5.75 Å². The van der Waals surface area contributed by atoms with E-state index in [0.29, 0.717) is 17.9 Å². The highest BCUT2D eigenvalue weighted by Gasteiger charge is 2.14. The van der Waals surface area contributed by atoms with Gasteiger partial charge >= 0.3 is 0 Å². The lowest BCUT2D eigenvalue weighted by molar-refractivity contribution is -0.122. The van der Waals surface area contributed by atoms with Crippen LogP contribution in [0.3, 0.4) is 0 Å². The number of ether oxygens (including phenoxy) is 1. The molecule has 0 fully saturated rings. The van der Waals surface area contributed by atoms with Crippen LogP contribution >= 0.6 is 0 Å². The van der Waals surface area contributed by atoms with E-state index in [2.05, 4.69) is 5.32 Å². The Balaban J connectivity index is 1.91. The fraction of sp³-hybridized carbons (Fsp3) is 0.235. The number of amides is 1. The standard InChI is InChI=1S/C17H19NO3/c1-13(21-16-5-3-2-4-6-16)17(20)18-15-9-7-14(8-10-15)11-12-19/h2-10,13,19H,11-12H2,1H3,(H,18,20). The predicted octanol–water partition coefficient (Wildman–Crippen LogP) is 2.63. The molecular weight excluding hydrogens is 266 g/mol. The summed E-state index contributed by atoms with van der Waals surface area (Å²) < 4.78 is 5.57. The van der Waals surface area contributed by atoms with Gasteiger partial charge in [-0.15, -0.1) is 0 Å². The molecule has 0 aliphatic carbocycles. The normalized spacial score (nSPS) is 11.7. The molecule has 0 spiro atoms. The van der Waals surface area contributed by atoms with Crippen molar-refractivity contribution >= 4 is 11.6 Å². The molecule has 0 heterocycles. The van der Waals surface area contributed by atoms with Gasteiger partial charge in [0.05, 0.1) is 0 Å². The monoisotopic (exact) mass is 285 g/mol. The largest absolute Gasteiger partial charge is 0.481 e. The van der Waals surface area contributed by atoms with Gasteiger partial charge in [-0.3, -0.25) is 4.79 Å². The zero-order valence-electron chi connectivity index (χ0n) is 12.0. The second kappa shape index (κ2) is 7.45. The molecule has 110 valence electrons. The Morgan fingerprint density at radius 2 is 1.81 bits per heavy atom. The number of hydrogen-bond donors (Lipinski definition) is 2. The first-order chi connectivity index (χ1) is 10.2. The molecule has 0 aliphatic rings. The molecule has 0 aliphatic heterocycles. The number of carbonyl (C=O) groups excluding carboxylic acids is 1. The molecule has 0 radical (unpaired) electrons. The maximum atomic E-state index is 12.1. The molecule has 2 N–H and O–H groups in total. The third-order valence-electron chi connectivity index (χ3n) is 3.05. The van der Waals surface area contributed by atoms with Gasteiger partial charge in [0.25, 0.3) is 5.91 Å². The number of nitrogens with one attached hydrogen (secondary N) is 1. The Bertz CT molecular complexity index is 566. The van der Waals surface area contributed by atoms with E-state index >= 15 is 0 Å². The lowest BCUT2D eigenvalue weighted by Crippen LogP contribution is -2.30. The Labute approximate surface area is 124 Å². The molecule has 4 nitrogen and oxygen atoms in total. The van der Waals surface area contributed by atoms with Gasteiger partial charge in [-0.2, -0.15) is 0 Å². The fourth-order valence-corrected chi connectivity index (χ4v) is 1.88. The minimum atomic E-state index is -0.579. The van der Waals surface area contributed by atoms with Crippen LogP contribution in [-0.4, -0.2) is 23.7 Å². The lowest BCUT2D eigenvalue weighted by atomic mass is 10.1. The van der Waals surface area contributed by atoms with E-state index in [0.717, 1.165) is 5.56 Å². The summed E-state index contributed by atoms with van der Waals surface area (Å²) in [6.07, 6.45) is 0.0337. The van der Waals surface area contributed by atoms with E-state index in [1.54, 1.807) is 6.92 Å². The van der Waals surface area contributed by atoms with Crippen molar-refractivity contribution in [1.29, 1.82) is 0 Å². The van der Waals surface area contributed by atoms with Gasteiger partial charge in [0.1, 0.15) is 5.75 Å². The Morgan fingerprint density at radius 3 is 2.43 bits per heavy atom. The Morgan fingerprint density at radius 1 is 1.14 bits per heavy atom. The van der Waals surface area contributed by atoms with Crippen molar-refractivity contribution in [1.82, 2.24) is 0 Å². The SMILES string of the molecule is CC(Oc1ccccc1)C(=O)Nc1ccc(CCO)cc1. The van der Waals surface area contributed by atoms with Crippen molar-refractivity contribution in [3.63, 3.8) is 0 Å². The van der Waals surface area contributed by atoms with Crippen LogP contribution in [0.2, 0.25) is 0 Å². The van der Waals surface area contributed by atoms with Crippen molar-refractivity contribution in [2.45, 2.75) is 19.4 Å². The highest BCUT2D eigenvalue weighted by Crippen LogP contribution is 2.13. The van der Waals surface area contributed by atoms with Gasteiger partial charge < -0.3 is 15.2 Å². The van der Waals surface area contributed by atoms with Gasteiger partial charge in [0.2, 0.25) is 0 Å². The maximum Gasteiger partial charge on any atom is 0.265 e. The smallest absolute Gasteiger partial charge is 0.265 e. The summed E-state index contributed by atoms with van der Waals surface area (Å²) in [5, 5.41) is 11.7. The Kier molecular flexibility index (Phi) is 5.35. The van der Waals surface area contributed by atoms with Gasteiger partial charge in [-0.05, 0) is 43.2 Å². The lowest BCUT2D eigenvalue weighted by Gasteiger charge is -2.14. The van der Waals surface area contributed by atoms with Crippen LogP contribution in [0, 0.1) is 0 Å². The molecule has 2 rings (SSSR count). The second-order valence-corrected chi connectivity index (χ2v) is 4.73. The zero-order valence-corrected chi connectivity index (χ0v) is 12.0. The van der Waals surface area contributed by atoms with Gasteiger partial charge in [0, 0.05) is 12.3 Å². The second-order valence-electron chi connectivity index (χ2n) is 4.73. The quantitative estimate of drug-likeness (QED) is 0.857. The fourth-order valence-electron chi connectivity index (χ4n) is 1.88. The van der Waals surface area contributed by atoms with Crippen LogP contribution in [0.4, 0.5) is 5.69 Å². The van der Waals surface area contributed by atoms with Crippen molar-refractivity contribution in [3.05, 3.63) is 60.2 Å². The molecule has 0 aromatic heterocycles. The molecule has 0 saturated carbocycles. The number of carbonyl (C=O) groups is 1. The van der Waals surface area contributed by atoms with E-state index in [1.165, 1.54) is 0 Å². The zero-order chi connectivity index (χ0) is 15.1. The third kappa shape index (κ3) is 4.61. The first-order valence-corrected chi connectivity index (χ1v) is 6.91. The van der Waals surface area contributed by atoms with Crippen molar-refractivity contribution in [2.75, 3.05) is 11.9 Å². The van der Waals surface area contributed by atoms with Gasteiger partial charge in [-0.25, -0.2) is 0 Å². The summed E-state index contributed by atoms with van der Waals surface area (Å²) in [6, 6.07) is 16.6. The number of aliphatic hydroxyl groups is 1. The van der Waals surface area contributed by atoms with E-state index < -0.39 is 6.10 Å². The number of hydrogen-bond acceptors (Lipinski definition) is 3. The number of para-hydroxylation sites is 1. The topological polar surface area (TPSA) is 58.6 Å². The molecule has 2 aromatic carbocycles. The number of aliphatic hydroxyl groups excluding tert-OH is 1. The highest BCUT2D eigenvalue weighted by molar-refractivity contribution is 5.94. The Hall–Kier alpha value is -2.33. The van der Waals surface area contributed by atoms with Crippen LogP contribution < -0.4 is 10.1 Å². The summed E-state index contributed by atoms with van der Waals surface area (Å²) in [7, 11) is 0. The van der Waals surface area contributed by atoms with Crippen LogP contribution in [-0.2, 0) is 11.2 Å². The van der Waals surface area contributed by atoms with Gasteiger partial charge in [0.15, 0.2) is 6.10 Å². The average molecular weight is 285 g/mol. The van der Waals surface area contributed by atoms with E-state index in [9.17, 15) is 4.79 Å². The minimum absolute atomic E-state index is 0.119. The predicted molar refractivity (Wildman–Crippen MR) is 82.4 cm³/mol. The molecule has 1 atom stereocenters. The average Bonchev–Trinajstić information content (AvgIpc) is 2.50. The van der Waals surface area contributed by atoms with E-state index in [4.69, 9.17) is 9.84 Å². The summed E-state index contributed by atoms with van der Waals surface area (Å²) >= 11 is 0. The molecule has 21 heavy (non-hydrogen) atoms. The van der Waals surface area contributed by atoms with Crippen molar-refractivity contribution in [2.24, 2.45) is 0 Å².